The van der Waals surface area contributed by atoms with E-state index in [1.165, 1.54) is 0 Å². The van der Waals surface area contributed by atoms with Crippen molar-refractivity contribution in [3.05, 3.63) is 11.6 Å². The van der Waals surface area contributed by atoms with Gasteiger partial charge in [-0.05, 0) is 49.0 Å². The highest BCUT2D eigenvalue weighted by Crippen LogP contribution is 2.65. The molecule has 5 heteroatoms. The molecule has 0 spiro atoms. The van der Waals surface area contributed by atoms with Gasteiger partial charge in [-0.15, -0.1) is 0 Å². The van der Waals surface area contributed by atoms with Crippen molar-refractivity contribution in [1.29, 1.82) is 0 Å². The molecule has 0 radical (unpaired) electrons. The predicted molar refractivity (Wildman–Crippen MR) is 90.4 cm³/mol. The fraction of sp³-hybridized carbons (Fsp3) is 0.800. The molecule has 1 N–H and O–H groups in total. The highest BCUT2D eigenvalue weighted by Gasteiger charge is 2.65. The van der Waals surface area contributed by atoms with Crippen LogP contribution in [0.3, 0.4) is 0 Å². The Morgan fingerprint density at radius 2 is 2.04 bits per heavy atom. The minimum Gasteiger partial charge on any atom is -0.465 e. The van der Waals surface area contributed by atoms with Gasteiger partial charge in [0.05, 0.1) is 19.1 Å². The number of aliphatic hydroxyl groups is 1. The molecule has 7 unspecified atom stereocenters. The van der Waals surface area contributed by atoms with Crippen LogP contribution >= 0.6 is 0 Å². The zero-order valence-corrected chi connectivity index (χ0v) is 15.3. The molecule has 0 aromatic rings. The molecular weight excluding hydrogens is 320 g/mol. The van der Waals surface area contributed by atoms with Gasteiger partial charge in [0.2, 0.25) is 0 Å². The van der Waals surface area contributed by atoms with E-state index in [0.29, 0.717) is 36.9 Å². The van der Waals surface area contributed by atoms with Crippen molar-refractivity contribution in [3.8, 4) is 0 Å². The summed E-state index contributed by atoms with van der Waals surface area (Å²) >= 11 is 0. The first-order valence-corrected chi connectivity index (χ1v) is 9.52. The van der Waals surface area contributed by atoms with Gasteiger partial charge in [-0.2, -0.15) is 0 Å². The Bertz CT molecular complexity index is 640. The van der Waals surface area contributed by atoms with Crippen LogP contribution in [-0.4, -0.2) is 35.9 Å². The van der Waals surface area contributed by atoms with E-state index in [1.807, 2.05) is 0 Å². The summed E-state index contributed by atoms with van der Waals surface area (Å²) in [5, 5.41) is 10.4. The number of aliphatic hydroxyl groups excluding tert-OH is 1. The smallest absolute Gasteiger partial charge is 0.334 e. The quantitative estimate of drug-likeness (QED) is 0.794. The molecule has 0 amide bonds. The normalized spacial score (nSPS) is 48.6. The van der Waals surface area contributed by atoms with Crippen molar-refractivity contribution >= 4 is 11.9 Å². The molecule has 4 aliphatic rings. The van der Waals surface area contributed by atoms with Crippen molar-refractivity contribution in [3.63, 3.8) is 0 Å². The van der Waals surface area contributed by atoms with Crippen LogP contribution < -0.4 is 0 Å². The van der Waals surface area contributed by atoms with E-state index in [-0.39, 0.29) is 34.8 Å². The Morgan fingerprint density at radius 1 is 1.28 bits per heavy atom. The summed E-state index contributed by atoms with van der Waals surface area (Å²) in [7, 11) is 0. The summed E-state index contributed by atoms with van der Waals surface area (Å²) in [6, 6.07) is 0. The maximum Gasteiger partial charge on any atom is 0.334 e. The van der Waals surface area contributed by atoms with Gasteiger partial charge in [-0.25, -0.2) is 4.79 Å². The van der Waals surface area contributed by atoms with E-state index in [0.717, 1.165) is 19.3 Å². The topological polar surface area (TPSA) is 72.8 Å². The van der Waals surface area contributed by atoms with Gasteiger partial charge < -0.3 is 14.6 Å². The number of carbonyl (C=O) groups excluding carboxylic acids is 2. The summed E-state index contributed by atoms with van der Waals surface area (Å²) in [6.45, 7) is 7.23. The lowest BCUT2D eigenvalue weighted by Crippen LogP contribution is -2.56. The second-order valence-corrected chi connectivity index (χ2v) is 9.05. The number of esters is 2. The van der Waals surface area contributed by atoms with Crippen LogP contribution in [0.25, 0.3) is 0 Å². The zero-order valence-electron chi connectivity index (χ0n) is 15.3. The second kappa shape index (κ2) is 5.57. The highest BCUT2D eigenvalue weighted by molar-refractivity contribution is 5.93. The SMILES string of the molecule is CC1CC2OC(=O)C3=CC(O)CC(C1(C)CCC1COC(=O)C1)C32C. The molecule has 2 aliphatic carbocycles. The largest absolute Gasteiger partial charge is 0.465 e. The second-order valence-electron chi connectivity index (χ2n) is 9.05. The molecule has 25 heavy (non-hydrogen) atoms. The van der Waals surface area contributed by atoms with E-state index in [4.69, 9.17) is 9.47 Å². The molecule has 0 bridgehead atoms. The van der Waals surface area contributed by atoms with Gasteiger partial charge in [0, 0.05) is 16.9 Å². The van der Waals surface area contributed by atoms with Crippen LogP contribution in [-0.2, 0) is 19.1 Å². The van der Waals surface area contributed by atoms with E-state index in [9.17, 15) is 14.7 Å². The Balaban J connectivity index is 1.63. The average Bonchev–Trinajstić information content (AvgIpc) is 3.07. The van der Waals surface area contributed by atoms with E-state index >= 15 is 0 Å². The van der Waals surface area contributed by atoms with Gasteiger partial charge in [0.15, 0.2) is 0 Å². The number of carbonyl (C=O) groups is 2. The van der Waals surface area contributed by atoms with Crippen LogP contribution in [0.1, 0.15) is 52.9 Å². The van der Waals surface area contributed by atoms with Crippen molar-refractivity contribution in [2.45, 2.75) is 65.1 Å². The first-order chi connectivity index (χ1) is 11.7. The third-order valence-corrected chi connectivity index (χ3v) is 7.79. The van der Waals surface area contributed by atoms with Crippen LogP contribution in [0.15, 0.2) is 11.6 Å². The monoisotopic (exact) mass is 348 g/mol. The molecule has 2 heterocycles. The molecule has 1 saturated carbocycles. The Labute approximate surface area is 148 Å². The standard InChI is InChI=1S/C20H28O5/c1-11-6-16-20(3)14(18(23)25-16)8-13(21)9-15(20)19(11,2)5-4-12-7-17(22)24-10-12/h8,11-13,15-16,21H,4-7,9-10H2,1-3H3. The Morgan fingerprint density at radius 3 is 2.72 bits per heavy atom. The number of ether oxygens (including phenoxy) is 2. The Hall–Kier alpha value is -1.36. The van der Waals surface area contributed by atoms with Crippen molar-refractivity contribution < 1.29 is 24.2 Å². The van der Waals surface area contributed by atoms with Crippen molar-refractivity contribution in [2.75, 3.05) is 6.61 Å². The van der Waals surface area contributed by atoms with Crippen LogP contribution in [0.5, 0.6) is 0 Å². The number of hydrogen-bond acceptors (Lipinski definition) is 5. The summed E-state index contributed by atoms with van der Waals surface area (Å²) in [5.74, 6) is 0.556. The van der Waals surface area contributed by atoms with Crippen molar-refractivity contribution in [1.82, 2.24) is 0 Å². The molecule has 5 nitrogen and oxygen atoms in total. The van der Waals surface area contributed by atoms with Crippen molar-refractivity contribution in [2.24, 2.45) is 28.6 Å². The van der Waals surface area contributed by atoms with Crippen LogP contribution in [0, 0.1) is 28.6 Å². The van der Waals surface area contributed by atoms with Gasteiger partial charge in [-0.1, -0.05) is 20.8 Å². The minimum atomic E-state index is -0.583. The highest BCUT2D eigenvalue weighted by atomic mass is 16.6. The van der Waals surface area contributed by atoms with Gasteiger partial charge in [0.1, 0.15) is 6.10 Å². The van der Waals surface area contributed by atoms with E-state index in [1.54, 1.807) is 6.08 Å². The third-order valence-electron chi connectivity index (χ3n) is 7.79. The molecule has 3 fully saturated rings. The van der Waals surface area contributed by atoms with Crippen LogP contribution in [0.2, 0.25) is 0 Å². The zero-order chi connectivity index (χ0) is 18.0. The Kier molecular flexibility index (Phi) is 3.80. The lowest BCUT2D eigenvalue weighted by Gasteiger charge is -2.57. The summed E-state index contributed by atoms with van der Waals surface area (Å²) in [5.41, 5.74) is 0.379. The molecule has 2 aliphatic heterocycles. The molecule has 0 aromatic carbocycles. The average molecular weight is 348 g/mol. The number of rotatable bonds is 3. The summed E-state index contributed by atoms with van der Waals surface area (Å²) in [6.07, 6.45) is 5.05. The number of cyclic esters (lactones) is 1. The first kappa shape index (κ1) is 17.1. The van der Waals surface area contributed by atoms with Gasteiger partial charge >= 0.3 is 11.9 Å². The lowest BCUT2D eigenvalue weighted by molar-refractivity contribution is -0.150. The molecular formula is C20H28O5. The minimum absolute atomic E-state index is 0.00532. The van der Waals surface area contributed by atoms with Gasteiger partial charge in [0.25, 0.3) is 0 Å². The number of hydrogen-bond donors (Lipinski definition) is 1. The van der Waals surface area contributed by atoms with Crippen LogP contribution in [0.4, 0.5) is 0 Å². The molecule has 138 valence electrons. The fourth-order valence-corrected chi connectivity index (χ4v) is 5.98. The maximum absolute atomic E-state index is 12.4. The third kappa shape index (κ3) is 2.38. The van der Waals surface area contributed by atoms with E-state index < -0.39 is 6.10 Å². The van der Waals surface area contributed by atoms with Gasteiger partial charge in [-0.3, -0.25) is 4.79 Å². The lowest BCUT2D eigenvalue weighted by atomic mass is 9.46. The first-order valence-electron chi connectivity index (χ1n) is 9.52. The summed E-state index contributed by atoms with van der Waals surface area (Å²) in [4.78, 5) is 23.8. The molecule has 7 atom stereocenters. The summed E-state index contributed by atoms with van der Waals surface area (Å²) < 4.78 is 10.8. The predicted octanol–water partition coefficient (Wildman–Crippen LogP) is 2.61. The molecule has 4 rings (SSSR count). The molecule has 0 aromatic heterocycles. The fourth-order valence-electron chi connectivity index (χ4n) is 5.98. The molecule has 2 saturated heterocycles. The van der Waals surface area contributed by atoms with E-state index in [2.05, 4.69) is 20.8 Å². The maximum atomic E-state index is 12.4.